The van der Waals surface area contributed by atoms with Crippen LogP contribution < -0.4 is 20.3 Å². The lowest BCUT2D eigenvalue weighted by molar-refractivity contribution is 0.0843. The molecule has 2 aromatic rings. The third kappa shape index (κ3) is 4.30. The number of rotatable bonds is 6. The van der Waals surface area contributed by atoms with Crippen molar-refractivity contribution in [3.05, 3.63) is 39.1 Å². The molecule has 0 radical (unpaired) electrons. The summed E-state index contributed by atoms with van der Waals surface area (Å²) in [4.78, 5) is 24.9. The molecule has 1 aliphatic rings. The maximum Gasteiger partial charge on any atom is 0.290 e. The SMILES string of the molecule is CCCOc1c(Br)cc(C(=O)NNC(=O)c2n[nH]c3c2CCCC3)cc1OC. The number of ether oxygens (including phenoxy) is 2. The predicted octanol–water partition coefficient (Wildman–Crippen LogP) is 2.92. The molecule has 8 nitrogen and oxygen atoms in total. The Kier molecular flexibility index (Phi) is 6.56. The Morgan fingerprint density at radius 1 is 1.21 bits per heavy atom. The fourth-order valence-corrected chi connectivity index (χ4v) is 3.67. The molecule has 3 N–H and O–H groups in total. The van der Waals surface area contributed by atoms with E-state index in [9.17, 15) is 9.59 Å². The summed E-state index contributed by atoms with van der Waals surface area (Å²) in [6.45, 7) is 2.53. The number of carbonyl (C=O) groups excluding carboxylic acids is 2. The van der Waals surface area contributed by atoms with Gasteiger partial charge in [0.15, 0.2) is 17.2 Å². The molecule has 0 saturated heterocycles. The van der Waals surface area contributed by atoms with Gasteiger partial charge in [-0.15, -0.1) is 0 Å². The van der Waals surface area contributed by atoms with Crippen molar-refractivity contribution in [2.24, 2.45) is 0 Å². The standard InChI is InChI=1S/C19H23BrN4O4/c1-3-8-28-17-13(20)9-11(10-15(17)27-2)18(25)23-24-19(26)16-12-6-4-5-7-14(12)21-22-16/h9-10H,3-8H2,1-2H3,(H,21,22)(H,23,25)(H,24,26). The first-order valence-corrected chi connectivity index (χ1v) is 10.0. The molecular weight excluding hydrogens is 428 g/mol. The van der Waals surface area contributed by atoms with Gasteiger partial charge in [-0.05, 0) is 60.2 Å². The number of hydrazine groups is 1. The molecule has 28 heavy (non-hydrogen) atoms. The fourth-order valence-electron chi connectivity index (χ4n) is 3.11. The molecule has 2 amide bonds. The van der Waals surface area contributed by atoms with Crippen LogP contribution in [0.3, 0.4) is 0 Å². The van der Waals surface area contributed by atoms with Crippen molar-refractivity contribution in [1.82, 2.24) is 21.0 Å². The first kappa shape index (κ1) is 20.2. The van der Waals surface area contributed by atoms with Crippen LogP contribution in [0.5, 0.6) is 11.5 Å². The van der Waals surface area contributed by atoms with Crippen LogP contribution in [0, 0.1) is 0 Å². The maximum absolute atomic E-state index is 12.5. The average molecular weight is 451 g/mol. The Labute approximate surface area is 171 Å². The van der Waals surface area contributed by atoms with Crippen molar-refractivity contribution in [3.63, 3.8) is 0 Å². The first-order chi connectivity index (χ1) is 13.5. The third-order valence-corrected chi connectivity index (χ3v) is 5.09. The molecule has 1 aromatic carbocycles. The molecule has 0 spiro atoms. The topological polar surface area (TPSA) is 105 Å². The lowest BCUT2D eigenvalue weighted by Gasteiger charge is -2.14. The number of aromatic amines is 1. The van der Waals surface area contributed by atoms with Crippen molar-refractivity contribution < 1.29 is 19.1 Å². The van der Waals surface area contributed by atoms with Crippen LogP contribution in [-0.2, 0) is 12.8 Å². The van der Waals surface area contributed by atoms with Gasteiger partial charge < -0.3 is 9.47 Å². The van der Waals surface area contributed by atoms with Gasteiger partial charge in [0, 0.05) is 16.8 Å². The Morgan fingerprint density at radius 2 is 1.96 bits per heavy atom. The molecule has 0 fully saturated rings. The summed E-state index contributed by atoms with van der Waals surface area (Å²) < 4.78 is 11.6. The number of hydrogen-bond donors (Lipinski definition) is 3. The Bertz CT molecular complexity index is 881. The van der Waals surface area contributed by atoms with Crippen LogP contribution in [0.4, 0.5) is 0 Å². The average Bonchev–Trinajstić information content (AvgIpc) is 3.14. The van der Waals surface area contributed by atoms with E-state index < -0.39 is 11.8 Å². The van der Waals surface area contributed by atoms with Crippen LogP contribution in [0.25, 0.3) is 0 Å². The van der Waals surface area contributed by atoms with Gasteiger partial charge in [0.2, 0.25) is 0 Å². The second kappa shape index (κ2) is 9.09. The number of methoxy groups -OCH3 is 1. The van der Waals surface area contributed by atoms with Gasteiger partial charge in [-0.3, -0.25) is 25.5 Å². The number of aryl methyl sites for hydroxylation is 1. The molecule has 0 aliphatic heterocycles. The molecule has 1 aromatic heterocycles. The summed E-state index contributed by atoms with van der Waals surface area (Å²) in [6.07, 6.45) is 4.66. The van der Waals surface area contributed by atoms with E-state index >= 15 is 0 Å². The minimum atomic E-state index is -0.473. The molecule has 0 saturated carbocycles. The molecule has 0 unspecified atom stereocenters. The second-order valence-corrected chi connectivity index (χ2v) is 7.34. The number of amides is 2. The summed E-state index contributed by atoms with van der Waals surface area (Å²) in [5.74, 6) is 0.0502. The van der Waals surface area contributed by atoms with Crippen molar-refractivity contribution >= 4 is 27.7 Å². The lowest BCUT2D eigenvalue weighted by Crippen LogP contribution is -2.42. The molecule has 3 rings (SSSR count). The number of fused-ring (bicyclic) bond motifs is 1. The van der Waals surface area contributed by atoms with Gasteiger partial charge in [0.25, 0.3) is 11.8 Å². The highest BCUT2D eigenvalue weighted by Crippen LogP contribution is 2.36. The van der Waals surface area contributed by atoms with E-state index in [1.54, 1.807) is 12.1 Å². The Hall–Kier alpha value is -2.55. The van der Waals surface area contributed by atoms with Crippen molar-refractivity contribution in [2.45, 2.75) is 39.0 Å². The summed E-state index contributed by atoms with van der Waals surface area (Å²) in [6, 6.07) is 3.18. The molecule has 1 aliphatic carbocycles. The minimum Gasteiger partial charge on any atom is -0.493 e. The summed E-state index contributed by atoms with van der Waals surface area (Å²) in [7, 11) is 1.50. The Morgan fingerprint density at radius 3 is 2.71 bits per heavy atom. The highest BCUT2D eigenvalue weighted by molar-refractivity contribution is 9.10. The number of nitrogens with one attached hydrogen (secondary N) is 3. The normalized spacial score (nSPS) is 12.8. The first-order valence-electron chi connectivity index (χ1n) is 9.22. The van der Waals surface area contributed by atoms with Crippen LogP contribution in [0.2, 0.25) is 0 Å². The zero-order valence-corrected chi connectivity index (χ0v) is 17.4. The fraction of sp³-hybridized carbons (Fsp3) is 0.421. The van der Waals surface area contributed by atoms with E-state index in [0.717, 1.165) is 43.4 Å². The molecule has 0 bridgehead atoms. The third-order valence-electron chi connectivity index (χ3n) is 4.50. The molecule has 1 heterocycles. The van der Waals surface area contributed by atoms with Crippen molar-refractivity contribution in [3.8, 4) is 11.5 Å². The van der Waals surface area contributed by atoms with Crippen LogP contribution in [0.15, 0.2) is 16.6 Å². The molecule has 0 atom stereocenters. The van der Waals surface area contributed by atoms with Crippen molar-refractivity contribution in [2.75, 3.05) is 13.7 Å². The predicted molar refractivity (Wildman–Crippen MR) is 107 cm³/mol. The second-order valence-electron chi connectivity index (χ2n) is 6.48. The quantitative estimate of drug-likeness (QED) is 0.586. The highest BCUT2D eigenvalue weighted by Gasteiger charge is 2.22. The van der Waals surface area contributed by atoms with Gasteiger partial charge >= 0.3 is 0 Å². The monoisotopic (exact) mass is 450 g/mol. The zero-order valence-electron chi connectivity index (χ0n) is 15.9. The number of benzene rings is 1. The number of hydrogen-bond acceptors (Lipinski definition) is 5. The summed E-state index contributed by atoms with van der Waals surface area (Å²) in [5.41, 5.74) is 7.43. The summed E-state index contributed by atoms with van der Waals surface area (Å²) >= 11 is 3.40. The number of carbonyl (C=O) groups is 2. The maximum atomic E-state index is 12.5. The number of halogens is 1. The molecule has 150 valence electrons. The van der Waals surface area contributed by atoms with E-state index in [2.05, 4.69) is 37.0 Å². The molecule has 9 heteroatoms. The van der Waals surface area contributed by atoms with Gasteiger partial charge in [0.1, 0.15) is 0 Å². The van der Waals surface area contributed by atoms with E-state index in [1.807, 2.05) is 6.92 Å². The van der Waals surface area contributed by atoms with Crippen molar-refractivity contribution in [1.29, 1.82) is 0 Å². The van der Waals surface area contributed by atoms with Crippen LogP contribution in [0.1, 0.15) is 58.3 Å². The van der Waals surface area contributed by atoms with Crippen LogP contribution in [-0.4, -0.2) is 35.7 Å². The smallest absolute Gasteiger partial charge is 0.290 e. The number of H-pyrrole nitrogens is 1. The largest absolute Gasteiger partial charge is 0.493 e. The van der Waals surface area contributed by atoms with Gasteiger partial charge in [-0.2, -0.15) is 5.10 Å². The number of aromatic nitrogens is 2. The number of nitrogens with zero attached hydrogens (tertiary/aromatic N) is 1. The van der Waals surface area contributed by atoms with Gasteiger partial charge in [-0.1, -0.05) is 6.92 Å². The zero-order chi connectivity index (χ0) is 20.1. The molecular formula is C19H23BrN4O4. The lowest BCUT2D eigenvalue weighted by atomic mass is 9.96. The van der Waals surface area contributed by atoms with Gasteiger partial charge in [-0.25, -0.2) is 0 Å². The van der Waals surface area contributed by atoms with E-state index in [1.165, 1.54) is 7.11 Å². The van der Waals surface area contributed by atoms with E-state index in [4.69, 9.17) is 9.47 Å². The summed E-state index contributed by atoms with van der Waals surface area (Å²) in [5, 5.41) is 7.01. The van der Waals surface area contributed by atoms with E-state index in [0.29, 0.717) is 33.8 Å². The van der Waals surface area contributed by atoms with E-state index in [-0.39, 0.29) is 0 Å². The Balaban J connectivity index is 1.68. The van der Waals surface area contributed by atoms with Crippen LogP contribution >= 0.6 is 15.9 Å². The van der Waals surface area contributed by atoms with Gasteiger partial charge in [0.05, 0.1) is 18.2 Å². The highest BCUT2D eigenvalue weighted by atomic mass is 79.9. The minimum absolute atomic E-state index is 0.317.